The van der Waals surface area contributed by atoms with Gasteiger partial charge in [0.2, 0.25) is 5.76 Å². The van der Waals surface area contributed by atoms with Crippen LogP contribution in [0.1, 0.15) is 5.56 Å². The summed E-state index contributed by atoms with van der Waals surface area (Å²) in [5.74, 6) is -0.958. The number of halogens is 3. The van der Waals surface area contributed by atoms with E-state index in [2.05, 4.69) is 19.8 Å². The summed E-state index contributed by atoms with van der Waals surface area (Å²) in [5, 5.41) is 6.75. The van der Waals surface area contributed by atoms with Crippen LogP contribution in [-0.2, 0) is 6.18 Å². The summed E-state index contributed by atoms with van der Waals surface area (Å²) in [4.78, 5) is 3.56. The predicted octanol–water partition coefficient (Wildman–Crippen LogP) is 3.41. The van der Waals surface area contributed by atoms with E-state index < -0.39 is 17.5 Å². The summed E-state index contributed by atoms with van der Waals surface area (Å²) >= 11 is 0. The van der Waals surface area contributed by atoms with E-state index in [1.165, 1.54) is 12.1 Å². The maximum Gasteiger partial charge on any atom is 0.422 e. The first-order chi connectivity index (χ1) is 9.57. The molecule has 0 aliphatic heterocycles. The van der Waals surface area contributed by atoms with Crippen LogP contribution in [0.15, 0.2) is 45.7 Å². The molecule has 5 nitrogen and oxygen atoms in total. The topological polar surface area (TPSA) is 65.0 Å². The van der Waals surface area contributed by atoms with Crippen LogP contribution in [-0.4, -0.2) is 15.3 Å². The molecule has 0 atom stereocenters. The van der Waals surface area contributed by atoms with Crippen LogP contribution in [0, 0.1) is 0 Å². The van der Waals surface area contributed by atoms with Crippen molar-refractivity contribution < 1.29 is 22.2 Å². The van der Waals surface area contributed by atoms with Gasteiger partial charge in [-0.25, -0.2) is 0 Å². The molecule has 3 rings (SSSR count). The smallest absolute Gasteiger partial charge is 0.350 e. The highest BCUT2D eigenvalue weighted by molar-refractivity contribution is 5.70. The van der Waals surface area contributed by atoms with Gasteiger partial charge in [0.25, 0.3) is 5.89 Å². The van der Waals surface area contributed by atoms with Crippen molar-refractivity contribution in [2.24, 2.45) is 0 Å². The largest absolute Gasteiger partial charge is 0.422 e. The lowest BCUT2D eigenvalue weighted by Crippen LogP contribution is -2.07. The molecule has 2 aromatic heterocycles. The van der Waals surface area contributed by atoms with Gasteiger partial charge in [0, 0.05) is 5.56 Å². The van der Waals surface area contributed by atoms with Gasteiger partial charge in [-0.2, -0.15) is 18.2 Å². The zero-order valence-electron chi connectivity index (χ0n) is 9.76. The second-order valence-corrected chi connectivity index (χ2v) is 3.85. The standard InChI is InChI=1S/C12H6F3N3O2/c13-12(14,15)8-9(7-4-2-1-3-5-7)18-19-10(8)11-16-6-17-20-11/h1-6H. The quantitative estimate of drug-likeness (QED) is 0.720. The molecule has 0 unspecified atom stereocenters. The van der Waals surface area contributed by atoms with E-state index in [4.69, 9.17) is 4.52 Å². The summed E-state index contributed by atoms with van der Waals surface area (Å²) in [6.45, 7) is 0. The van der Waals surface area contributed by atoms with Gasteiger partial charge in [-0.15, -0.1) is 0 Å². The van der Waals surface area contributed by atoms with E-state index in [1.807, 2.05) is 0 Å². The lowest BCUT2D eigenvalue weighted by atomic mass is 10.1. The number of alkyl halides is 3. The minimum Gasteiger partial charge on any atom is -0.350 e. The van der Waals surface area contributed by atoms with Gasteiger partial charge in [-0.05, 0) is 0 Å². The van der Waals surface area contributed by atoms with Crippen molar-refractivity contribution in [2.45, 2.75) is 6.18 Å². The highest BCUT2D eigenvalue weighted by Crippen LogP contribution is 2.42. The highest BCUT2D eigenvalue weighted by atomic mass is 19.4. The molecular formula is C12H6F3N3O2. The number of rotatable bonds is 2. The van der Waals surface area contributed by atoms with Crippen LogP contribution >= 0.6 is 0 Å². The molecule has 0 fully saturated rings. The van der Waals surface area contributed by atoms with Crippen molar-refractivity contribution in [3.63, 3.8) is 0 Å². The van der Waals surface area contributed by atoms with Crippen molar-refractivity contribution in [1.29, 1.82) is 0 Å². The average molecular weight is 281 g/mol. The average Bonchev–Trinajstić information content (AvgIpc) is 3.08. The molecule has 3 aromatic rings. The summed E-state index contributed by atoms with van der Waals surface area (Å²) < 4.78 is 49.1. The van der Waals surface area contributed by atoms with Gasteiger partial charge in [-0.1, -0.05) is 40.6 Å². The SMILES string of the molecule is FC(F)(F)c1c(-c2ccccc2)noc1-c1ncno1. The molecule has 1 aromatic carbocycles. The van der Waals surface area contributed by atoms with Crippen molar-refractivity contribution >= 4 is 0 Å². The number of benzene rings is 1. The van der Waals surface area contributed by atoms with Crippen LogP contribution in [0.5, 0.6) is 0 Å². The third-order valence-electron chi connectivity index (χ3n) is 2.58. The Labute approximate surface area is 110 Å². The Morgan fingerprint density at radius 1 is 1.00 bits per heavy atom. The Kier molecular flexibility index (Phi) is 2.78. The second-order valence-electron chi connectivity index (χ2n) is 3.85. The van der Waals surface area contributed by atoms with Crippen molar-refractivity contribution in [3.05, 3.63) is 42.2 Å². The molecule has 102 valence electrons. The highest BCUT2D eigenvalue weighted by Gasteiger charge is 2.42. The van der Waals surface area contributed by atoms with E-state index >= 15 is 0 Å². The molecule has 0 aliphatic rings. The van der Waals surface area contributed by atoms with Gasteiger partial charge in [0.05, 0.1) is 0 Å². The van der Waals surface area contributed by atoms with Crippen LogP contribution in [0.4, 0.5) is 13.2 Å². The van der Waals surface area contributed by atoms with Crippen LogP contribution in [0.3, 0.4) is 0 Å². The Morgan fingerprint density at radius 3 is 2.35 bits per heavy atom. The van der Waals surface area contributed by atoms with E-state index in [9.17, 15) is 13.2 Å². The molecule has 0 N–H and O–H groups in total. The normalized spacial score (nSPS) is 11.8. The Hall–Kier alpha value is -2.64. The summed E-state index contributed by atoms with van der Waals surface area (Å²) in [7, 11) is 0. The first-order valence-corrected chi connectivity index (χ1v) is 5.46. The number of hydrogen-bond donors (Lipinski definition) is 0. The molecule has 0 saturated carbocycles. The van der Waals surface area contributed by atoms with Crippen LogP contribution in [0.25, 0.3) is 22.9 Å². The summed E-state index contributed by atoms with van der Waals surface area (Å²) in [5.41, 5.74) is -1.06. The van der Waals surface area contributed by atoms with Gasteiger partial charge in [0.15, 0.2) is 6.33 Å². The molecule has 0 amide bonds. The predicted molar refractivity (Wildman–Crippen MR) is 60.2 cm³/mol. The molecule has 0 spiro atoms. The van der Waals surface area contributed by atoms with Gasteiger partial charge in [0.1, 0.15) is 11.3 Å². The number of hydrogen-bond acceptors (Lipinski definition) is 5. The molecule has 2 heterocycles. The molecule has 8 heteroatoms. The minimum atomic E-state index is -4.66. The maximum atomic E-state index is 13.2. The lowest BCUT2D eigenvalue weighted by Gasteiger charge is -2.06. The van der Waals surface area contributed by atoms with E-state index in [-0.39, 0.29) is 17.1 Å². The van der Waals surface area contributed by atoms with Crippen molar-refractivity contribution in [3.8, 4) is 22.9 Å². The summed E-state index contributed by atoms with van der Waals surface area (Å²) in [6.07, 6.45) is -3.67. The third-order valence-corrected chi connectivity index (χ3v) is 2.58. The molecule has 20 heavy (non-hydrogen) atoms. The van der Waals surface area contributed by atoms with E-state index in [0.717, 1.165) is 6.33 Å². The maximum absolute atomic E-state index is 13.2. The van der Waals surface area contributed by atoms with Gasteiger partial charge in [-0.3, -0.25) is 0 Å². The molecule has 0 aliphatic carbocycles. The molecule has 0 radical (unpaired) electrons. The van der Waals surface area contributed by atoms with Crippen LogP contribution < -0.4 is 0 Å². The minimum absolute atomic E-state index is 0.286. The lowest BCUT2D eigenvalue weighted by molar-refractivity contribution is -0.136. The zero-order valence-corrected chi connectivity index (χ0v) is 9.76. The van der Waals surface area contributed by atoms with Gasteiger partial charge < -0.3 is 9.05 Å². The first kappa shape index (κ1) is 12.4. The van der Waals surface area contributed by atoms with Crippen LogP contribution in [0.2, 0.25) is 0 Å². The Balaban J connectivity index is 2.23. The number of aromatic nitrogens is 3. The summed E-state index contributed by atoms with van der Waals surface area (Å²) in [6, 6.07) is 7.91. The molecular weight excluding hydrogens is 275 g/mol. The fourth-order valence-corrected chi connectivity index (χ4v) is 1.77. The monoisotopic (exact) mass is 281 g/mol. The van der Waals surface area contributed by atoms with Crippen molar-refractivity contribution in [1.82, 2.24) is 15.3 Å². The fourth-order valence-electron chi connectivity index (χ4n) is 1.77. The molecule has 0 bridgehead atoms. The third kappa shape index (κ3) is 2.04. The van der Waals surface area contributed by atoms with Crippen molar-refractivity contribution in [2.75, 3.05) is 0 Å². The Morgan fingerprint density at radius 2 is 1.75 bits per heavy atom. The van der Waals surface area contributed by atoms with Gasteiger partial charge >= 0.3 is 6.18 Å². The zero-order chi connectivity index (χ0) is 14.2. The van der Waals surface area contributed by atoms with E-state index in [1.54, 1.807) is 18.2 Å². The number of nitrogens with zero attached hydrogens (tertiary/aromatic N) is 3. The Bertz CT molecular complexity index is 705. The van der Waals surface area contributed by atoms with E-state index in [0.29, 0.717) is 0 Å². The first-order valence-electron chi connectivity index (χ1n) is 5.46. The fraction of sp³-hybridized carbons (Fsp3) is 0.0833. The second kappa shape index (κ2) is 4.48. The molecule has 0 saturated heterocycles.